The second-order valence-corrected chi connectivity index (χ2v) is 14.9. The fraction of sp³-hybridized carbons (Fsp3) is 0.0435. The van der Waals surface area contributed by atoms with Gasteiger partial charge in [-0.15, -0.1) is 0 Å². The number of fused-ring (bicyclic) bond motifs is 2. The Kier molecular flexibility index (Phi) is 9.55. The fourth-order valence-electron chi connectivity index (χ4n) is 6.47. The van der Waals surface area contributed by atoms with Crippen LogP contribution in [0.3, 0.4) is 0 Å². The van der Waals surface area contributed by atoms with Gasteiger partial charge in [-0.25, -0.2) is 0 Å². The molecule has 2 nitrogen and oxygen atoms in total. The van der Waals surface area contributed by atoms with Crippen LogP contribution in [0.5, 0.6) is 23.0 Å². The zero-order valence-electron chi connectivity index (χ0n) is 27.2. The maximum absolute atomic E-state index is 6.77. The first-order valence-electron chi connectivity index (χ1n) is 16.6. The van der Waals surface area contributed by atoms with E-state index < -0.39 is 0 Å². The lowest BCUT2D eigenvalue weighted by molar-refractivity contribution is 0.478. The minimum absolute atomic E-state index is 0.781. The molecule has 8 aromatic rings. The first-order chi connectivity index (χ1) is 24.6. The van der Waals surface area contributed by atoms with Crippen molar-refractivity contribution in [2.24, 2.45) is 0 Å². The molecule has 0 spiro atoms. The molecule has 0 N–H and O–H groups in total. The summed E-state index contributed by atoms with van der Waals surface area (Å²) in [7, 11) is 0. The van der Waals surface area contributed by atoms with Crippen molar-refractivity contribution < 1.29 is 9.47 Å². The lowest BCUT2D eigenvalue weighted by Gasteiger charge is -2.20. The first kappa shape index (κ1) is 32.5. The van der Waals surface area contributed by atoms with Crippen LogP contribution in [0.25, 0.3) is 32.7 Å². The Morgan fingerprint density at radius 3 is 1.06 bits per heavy atom. The molecule has 242 valence electrons. The molecular formula is C46H32I2O2. The second-order valence-electron chi connectivity index (χ2n) is 12.4. The molecule has 0 heterocycles. The van der Waals surface area contributed by atoms with E-state index >= 15 is 0 Å². The largest absolute Gasteiger partial charge is 0.457 e. The van der Waals surface area contributed by atoms with Crippen LogP contribution in [0.4, 0.5) is 0 Å². The van der Waals surface area contributed by atoms with Crippen LogP contribution in [0.2, 0.25) is 0 Å². The van der Waals surface area contributed by atoms with Gasteiger partial charge in [-0.05, 0) is 162 Å². The number of halogens is 2. The molecule has 0 fully saturated rings. The first-order valence-corrected chi connectivity index (χ1v) is 18.8. The van der Waals surface area contributed by atoms with Gasteiger partial charge in [-0.3, -0.25) is 0 Å². The molecule has 0 saturated carbocycles. The topological polar surface area (TPSA) is 18.5 Å². The monoisotopic (exact) mass is 870 g/mol. The van der Waals surface area contributed by atoms with Gasteiger partial charge in [0.15, 0.2) is 0 Å². The van der Waals surface area contributed by atoms with Crippen LogP contribution in [0.15, 0.2) is 170 Å². The molecule has 0 aliphatic rings. The Balaban J connectivity index is 1.17. The third-order valence-electron chi connectivity index (χ3n) is 8.98. The molecule has 50 heavy (non-hydrogen) atoms. The van der Waals surface area contributed by atoms with Gasteiger partial charge in [0.1, 0.15) is 23.0 Å². The standard InChI is InChI=1S/C46H32I2O2/c47-37-19-9-31(10-20-37)29-33-13-23-39(24-14-33)49-43-27-17-35-5-1-3-7-41(35)45(43)46-42-8-4-2-6-36(42)18-28-44(46)50-40-25-15-34(16-26-40)30-32-11-21-38(48)22-12-32/h1-28H,29-30H2. The van der Waals surface area contributed by atoms with Crippen LogP contribution in [0.1, 0.15) is 22.3 Å². The second kappa shape index (κ2) is 14.7. The van der Waals surface area contributed by atoms with Crippen molar-refractivity contribution in [1.29, 1.82) is 0 Å². The maximum Gasteiger partial charge on any atom is 0.136 e. The zero-order valence-corrected chi connectivity index (χ0v) is 31.5. The molecule has 0 aliphatic heterocycles. The highest BCUT2D eigenvalue weighted by atomic mass is 127. The normalized spacial score (nSPS) is 11.2. The fourth-order valence-corrected chi connectivity index (χ4v) is 7.19. The van der Waals surface area contributed by atoms with Crippen molar-refractivity contribution in [2.45, 2.75) is 12.8 Å². The summed E-state index contributed by atoms with van der Waals surface area (Å²) >= 11 is 4.69. The van der Waals surface area contributed by atoms with E-state index in [4.69, 9.17) is 9.47 Å². The Labute approximate surface area is 320 Å². The summed E-state index contributed by atoms with van der Waals surface area (Å²) in [5, 5.41) is 4.49. The van der Waals surface area contributed by atoms with Crippen LogP contribution in [0, 0.1) is 7.14 Å². The van der Waals surface area contributed by atoms with Crippen LogP contribution < -0.4 is 9.47 Å². The number of ether oxygens (including phenoxy) is 2. The minimum atomic E-state index is 0.781. The Hall–Kier alpha value is -4.66. The Morgan fingerprint density at radius 1 is 0.340 bits per heavy atom. The molecule has 0 aliphatic carbocycles. The van der Waals surface area contributed by atoms with Gasteiger partial charge in [-0.1, -0.05) is 109 Å². The molecule has 0 aromatic heterocycles. The van der Waals surface area contributed by atoms with E-state index in [-0.39, 0.29) is 0 Å². The maximum atomic E-state index is 6.77. The average molecular weight is 871 g/mol. The van der Waals surface area contributed by atoms with Gasteiger partial charge in [0, 0.05) is 18.3 Å². The highest BCUT2D eigenvalue weighted by Gasteiger charge is 2.20. The summed E-state index contributed by atoms with van der Waals surface area (Å²) < 4.78 is 16.0. The predicted molar refractivity (Wildman–Crippen MR) is 224 cm³/mol. The molecule has 0 atom stereocenters. The summed E-state index contributed by atoms with van der Waals surface area (Å²) in [6.07, 6.45) is 1.75. The quantitative estimate of drug-likeness (QED) is 0.135. The van der Waals surface area contributed by atoms with Crippen LogP contribution in [-0.2, 0) is 12.8 Å². The highest BCUT2D eigenvalue weighted by molar-refractivity contribution is 14.1. The lowest BCUT2D eigenvalue weighted by atomic mass is 9.92. The summed E-state index contributed by atoms with van der Waals surface area (Å²) in [5.74, 6) is 3.14. The molecular weight excluding hydrogens is 838 g/mol. The van der Waals surface area contributed by atoms with E-state index in [1.165, 1.54) is 29.4 Å². The predicted octanol–water partition coefficient (Wildman–Crippen LogP) is 13.6. The van der Waals surface area contributed by atoms with Gasteiger partial charge in [0.2, 0.25) is 0 Å². The van der Waals surface area contributed by atoms with Gasteiger partial charge < -0.3 is 9.47 Å². The number of rotatable bonds is 9. The summed E-state index contributed by atoms with van der Waals surface area (Å²) in [6, 6.07) is 59.7. The Bertz CT molecular complexity index is 2240. The van der Waals surface area contributed by atoms with E-state index in [9.17, 15) is 0 Å². The zero-order chi connectivity index (χ0) is 33.9. The van der Waals surface area contributed by atoms with Crippen molar-refractivity contribution in [3.63, 3.8) is 0 Å². The highest BCUT2D eigenvalue weighted by Crippen LogP contribution is 2.47. The van der Waals surface area contributed by atoms with Crippen LogP contribution in [-0.4, -0.2) is 0 Å². The Morgan fingerprint density at radius 2 is 0.680 bits per heavy atom. The van der Waals surface area contributed by atoms with E-state index in [2.05, 4.69) is 215 Å². The number of hydrogen-bond donors (Lipinski definition) is 0. The molecule has 0 radical (unpaired) electrons. The van der Waals surface area contributed by atoms with E-state index in [1.54, 1.807) is 0 Å². The average Bonchev–Trinajstić information content (AvgIpc) is 3.15. The summed E-state index contributed by atoms with van der Waals surface area (Å²) in [4.78, 5) is 0. The lowest BCUT2D eigenvalue weighted by Crippen LogP contribution is -1.95. The molecule has 0 bridgehead atoms. The third kappa shape index (κ3) is 7.28. The summed E-state index contributed by atoms with van der Waals surface area (Å²) in [5.41, 5.74) is 7.08. The molecule has 0 saturated heterocycles. The van der Waals surface area contributed by atoms with Gasteiger partial charge in [0.05, 0.1) is 0 Å². The molecule has 8 aromatic carbocycles. The smallest absolute Gasteiger partial charge is 0.136 e. The third-order valence-corrected chi connectivity index (χ3v) is 10.4. The van der Waals surface area contributed by atoms with Crippen molar-refractivity contribution >= 4 is 66.7 Å². The molecule has 0 unspecified atom stereocenters. The van der Waals surface area contributed by atoms with Crippen molar-refractivity contribution in [3.05, 3.63) is 199 Å². The van der Waals surface area contributed by atoms with Crippen molar-refractivity contribution in [1.82, 2.24) is 0 Å². The van der Waals surface area contributed by atoms with E-state index in [0.29, 0.717) is 0 Å². The van der Waals surface area contributed by atoms with Gasteiger partial charge >= 0.3 is 0 Å². The van der Waals surface area contributed by atoms with Crippen molar-refractivity contribution in [2.75, 3.05) is 0 Å². The van der Waals surface area contributed by atoms with Crippen LogP contribution >= 0.6 is 45.2 Å². The molecule has 8 rings (SSSR count). The van der Waals surface area contributed by atoms with E-state index in [0.717, 1.165) is 68.5 Å². The van der Waals surface area contributed by atoms with Gasteiger partial charge in [0.25, 0.3) is 0 Å². The minimum Gasteiger partial charge on any atom is -0.457 e. The van der Waals surface area contributed by atoms with Crippen molar-refractivity contribution in [3.8, 4) is 34.1 Å². The van der Waals surface area contributed by atoms with Gasteiger partial charge in [-0.2, -0.15) is 0 Å². The number of benzene rings is 8. The number of hydrogen-bond acceptors (Lipinski definition) is 2. The molecule has 4 heteroatoms. The summed E-state index contributed by atoms with van der Waals surface area (Å²) in [6.45, 7) is 0. The molecule has 0 amide bonds. The SMILES string of the molecule is Ic1ccc(Cc2ccc(Oc3ccc4ccccc4c3-c3c(Oc4ccc(Cc5ccc(I)cc5)cc4)ccc4ccccc34)cc2)cc1. The van der Waals surface area contributed by atoms with E-state index in [1.807, 2.05) is 0 Å².